The number of carbonyl (C=O) groups is 2. The monoisotopic (exact) mass is 311 g/mol. The number of halogens is 1. The largest absolute Gasteiger partial charge is 0.495 e. The van der Waals surface area contributed by atoms with Gasteiger partial charge in [0.1, 0.15) is 5.75 Å². The van der Waals surface area contributed by atoms with Gasteiger partial charge in [-0.05, 0) is 29.7 Å². The molecule has 0 bridgehead atoms. The first kappa shape index (κ1) is 17.0. The molecule has 0 aliphatic heterocycles. The van der Waals surface area contributed by atoms with Gasteiger partial charge in [-0.1, -0.05) is 25.4 Å². The predicted octanol–water partition coefficient (Wildman–Crippen LogP) is 1.57. The molecule has 21 heavy (non-hydrogen) atoms. The van der Waals surface area contributed by atoms with Crippen molar-refractivity contribution in [2.75, 3.05) is 13.7 Å². The smallest absolute Gasteiger partial charge is 0.329 e. The van der Waals surface area contributed by atoms with Crippen LogP contribution in [-0.2, 0) is 9.59 Å². The van der Waals surface area contributed by atoms with Gasteiger partial charge in [0.25, 0.3) is 0 Å². The molecule has 0 aromatic heterocycles. The van der Waals surface area contributed by atoms with Gasteiger partial charge in [0.2, 0.25) is 0 Å². The Hall–Kier alpha value is -2.08. The normalized spacial score (nSPS) is 10.7. The van der Waals surface area contributed by atoms with E-state index in [0.717, 1.165) is 0 Å². The number of benzene rings is 1. The molecule has 2 amide bonds. The van der Waals surface area contributed by atoms with E-state index in [4.69, 9.17) is 16.3 Å². The van der Waals surface area contributed by atoms with Gasteiger partial charge in [-0.25, -0.2) is 5.43 Å². The molecule has 0 atom stereocenters. The van der Waals surface area contributed by atoms with Crippen molar-refractivity contribution in [2.24, 2.45) is 11.0 Å². The Morgan fingerprint density at radius 3 is 2.67 bits per heavy atom. The Morgan fingerprint density at radius 2 is 2.10 bits per heavy atom. The third-order valence-corrected chi connectivity index (χ3v) is 2.73. The van der Waals surface area contributed by atoms with Crippen molar-refractivity contribution in [3.05, 3.63) is 28.8 Å². The fourth-order valence-electron chi connectivity index (χ4n) is 1.36. The van der Waals surface area contributed by atoms with E-state index in [-0.39, 0.29) is 5.92 Å². The average Bonchev–Trinajstić information content (AvgIpc) is 2.44. The van der Waals surface area contributed by atoms with Gasteiger partial charge in [0, 0.05) is 6.54 Å². The van der Waals surface area contributed by atoms with E-state index in [9.17, 15) is 9.59 Å². The highest BCUT2D eigenvalue weighted by Gasteiger charge is 2.12. The quantitative estimate of drug-likeness (QED) is 0.492. The molecule has 1 aromatic rings. The molecule has 0 fully saturated rings. The molecule has 1 aromatic carbocycles. The predicted molar refractivity (Wildman–Crippen MR) is 81.6 cm³/mol. The molecule has 0 spiro atoms. The van der Waals surface area contributed by atoms with Crippen LogP contribution in [0.3, 0.4) is 0 Å². The molecule has 0 unspecified atom stereocenters. The number of hydrazone groups is 1. The molecule has 0 heterocycles. The van der Waals surface area contributed by atoms with Gasteiger partial charge in [-0.15, -0.1) is 0 Å². The Morgan fingerprint density at radius 1 is 1.38 bits per heavy atom. The molecule has 0 saturated carbocycles. The molecule has 0 aliphatic carbocycles. The first-order valence-corrected chi connectivity index (χ1v) is 6.76. The van der Waals surface area contributed by atoms with Gasteiger partial charge >= 0.3 is 11.8 Å². The van der Waals surface area contributed by atoms with Crippen molar-refractivity contribution in [3.8, 4) is 5.75 Å². The Kier molecular flexibility index (Phi) is 6.68. The standard InChI is InChI=1S/C14H18ClN3O3/c1-9(2)7-16-13(19)14(20)18-17-8-10-4-5-12(21-3)11(15)6-10/h4-6,8-9H,7H2,1-3H3,(H,16,19)(H,18,20)/b17-8-. The summed E-state index contributed by atoms with van der Waals surface area (Å²) in [6.45, 7) is 4.30. The van der Waals surface area contributed by atoms with Crippen molar-refractivity contribution >= 4 is 29.6 Å². The van der Waals surface area contributed by atoms with E-state index >= 15 is 0 Å². The van der Waals surface area contributed by atoms with E-state index in [1.807, 2.05) is 13.8 Å². The summed E-state index contributed by atoms with van der Waals surface area (Å²) in [6, 6.07) is 5.04. The molecule has 2 N–H and O–H groups in total. The SMILES string of the molecule is COc1ccc(/C=N\NC(=O)C(=O)NCC(C)C)cc1Cl. The average molecular weight is 312 g/mol. The van der Waals surface area contributed by atoms with Crippen LogP contribution in [0.2, 0.25) is 5.02 Å². The van der Waals surface area contributed by atoms with Crippen LogP contribution >= 0.6 is 11.6 Å². The minimum absolute atomic E-state index is 0.270. The zero-order valence-corrected chi connectivity index (χ0v) is 12.9. The highest BCUT2D eigenvalue weighted by Crippen LogP contribution is 2.24. The van der Waals surface area contributed by atoms with E-state index in [1.165, 1.54) is 13.3 Å². The third-order valence-electron chi connectivity index (χ3n) is 2.43. The van der Waals surface area contributed by atoms with Crippen molar-refractivity contribution < 1.29 is 14.3 Å². The maximum atomic E-state index is 11.4. The lowest BCUT2D eigenvalue weighted by Crippen LogP contribution is -2.39. The number of hydrogen-bond donors (Lipinski definition) is 2. The van der Waals surface area contributed by atoms with Crippen LogP contribution in [-0.4, -0.2) is 31.7 Å². The van der Waals surface area contributed by atoms with Crippen LogP contribution in [0.15, 0.2) is 23.3 Å². The van der Waals surface area contributed by atoms with Gasteiger partial charge in [0.15, 0.2) is 0 Å². The number of amides is 2. The summed E-state index contributed by atoms with van der Waals surface area (Å²) < 4.78 is 5.02. The lowest BCUT2D eigenvalue weighted by molar-refractivity contribution is -0.139. The molecule has 0 radical (unpaired) electrons. The number of hydrogen-bond acceptors (Lipinski definition) is 4. The number of nitrogens with one attached hydrogen (secondary N) is 2. The fraction of sp³-hybridized carbons (Fsp3) is 0.357. The van der Waals surface area contributed by atoms with Crippen LogP contribution in [0.1, 0.15) is 19.4 Å². The zero-order valence-electron chi connectivity index (χ0n) is 12.1. The summed E-state index contributed by atoms with van der Waals surface area (Å²) >= 11 is 5.95. The Bertz CT molecular complexity index is 544. The summed E-state index contributed by atoms with van der Waals surface area (Å²) in [5.74, 6) is -0.710. The second kappa shape index (κ2) is 8.26. The van der Waals surface area contributed by atoms with Crippen molar-refractivity contribution in [1.82, 2.24) is 10.7 Å². The number of carbonyl (C=O) groups excluding carboxylic acids is 2. The highest BCUT2D eigenvalue weighted by atomic mass is 35.5. The third kappa shape index (κ3) is 5.83. The molecule has 0 saturated heterocycles. The molecule has 1 rings (SSSR count). The fourth-order valence-corrected chi connectivity index (χ4v) is 1.62. The van der Waals surface area contributed by atoms with Crippen LogP contribution in [0, 0.1) is 5.92 Å². The van der Waals surface area contributed by atoms with E-state index in [0.29, 0.717) is 22.9 Å². The lowest BCUT2D eigenvalue weighted by atomic mass is 10.2. The van der Waals surface area contributed by atoms with Crippen molar-refractivity contribution in [1.29, 1.82) is 0 Å². The summed E-state index contributed by atoms with van der Waals surface area (Å²) in [5, 5.41) is 6.63. The van der Waals surface area contributed by atoms with Gasteiger partial charge < -0.3 is 10.1 Å². The first-order chi connectivity index (χ1) is 9.93. The van der Waals surface area contributed by atoms with Crippen LogP contribution in [0.4, 0.5) is 0 Å². The molecule has 0 aliphatic rings. The second-order valence-corrected chi connectivity index (χ2v) is 5.10. The minimum Gasteiger partial charge on any atom is -0.495 e. The molecular weight excluding hydrogens is 294 g/mol. The molecule has 7 heteroatoms. The van der Waals surface area contributed by atoms with Crippen LogP contribution < -0.4 is 15.5 Å². The van der Waals surface area contributed by atoms with E-state index in [1.54, 1.807) is 18.2 Å². The summed E-state index contributed by atoms with van der Waals surface area (Å²) in [5.41, 5.74) is 2.82. The lowest BCUT2D eigenvalue weighted by Gasteiger charge is -2.06. The molecule has 114 valence electrons. The van der Waals surface area contributed by atoms with E-state index < -0.39 is 11.8 Å². The maximum absolute atomic E-state index is 11.4. The zero-order chi connectivity index (χ0) is 15.8. The van der Waals surface area contributed by atoms with Gasteiger partial charge in [-0.2, -0.15) is 5.10 Å². The summed E-state index contributed by atoms with van der Waals surface area (Å²) in [4.78, 5) is 22.8. The van der Waals surface area contributed by atoms with Gasteiger partial charge in [-0.3, -0.25) is 9.59 Å². The Labute approximate surface area is 128 Å². The maximum Gasteiger partial charge on any atom is 0.329 e. The number of nitrogens with zero attached hydrogens (tertiary/aromatic N) is 1. The van der Waals surface area contributed by atoms with Crippen molar-refractivity contribution in [2.45, 2.75) is 13.8 Å². The topological polar surface area (TPSA) is 79.8 Å². The van der Waals surface area contributed by atoms with E-state index in [2.05, 4.69) is 15.8 Å². The number of methoxy groups -OCH3 is 1. The minimum atomic E-state index is -0.813. The summed E-state index contributed by atoms with van der Waals surface area (Å²) in [7, 11) is 1.52. The molecular formula is C14H18ClN3O3. The first-order valence-electron chi connectivity index (χ1n) is 6.38. The summed E-state index contributed by atoms with van der Waals surface area (Å²) in [6.07, 6.45) is 1.39. The van der Waals surface area contributed by atoms with Crippen LogP contribution in [0.25, 0.3) is 0 Å². The highest BCUT2D eigenvalue weighted by molar-refractivity contribution is 6.35. The van der Waals surface area contributed by atoms with Gasteiger partial charge in [0.05, 0.1) is 18.3 Å². The Balaban J connectivity index is 2.52. The van der Waals surface area contributed by atoms with Crippen LogP contribution in [0.5, 0.6) is 5.75 Å². The van der Waals surface area contributed by atoms with Crippen molar-refractivity contribution in [3.63, 3.8) is 0 Å². The number of ether oxygens (including phenoxy) is 1. The number of rotatable bonds is 5. The second-order valence-electron chi connectivity index (χ2n) is 4.70. The molecule has 6 nitrogen and oxygen atoms in total.